The Balaban J connectivity index is 2.76. The lowest BCUT2D eigenvalue weighted by atomic mass is 9.98. The van der Waals surface area contributed by atoms with Gasteiger partial charge in [-0.3, -0.25) is 14.4 Å². The zero-order valence-electron chi connectivity index (χ0n) is 49.7. The van der Waals surface area contributed by atoms with Gasteiger partial charge in [-0.15, -0.1) is 0 Å². The summed E-state index contributed by atoms with van der Waals surface area (Å²) in [5.41, 5.74) is 0. The van der Waals surface area contributed by atoms with Crippen LogP contribution in [0.3, 0.4) is 0 Å². The fraction of sp³-hybridized carbons (Fsp3) is 0.565. The molecule has 3 N–H and O–H groups in total. The summed E-state index contributed by atoms with van der Waals surface area (Å²) in [6.45, 7) is 5.53. The number of aliphatic carboxylic acids is 1. The highest BCUT2D eigenvalue weighted by molar-refractivity contribution is 5.74. The van der Waals surface area contributed by atoms with Crippen molar-refractivity contribution in [2.75, 3.05) is 13.2 Å². The molecule has 452 valence electrons. The Morgan fingerprint density at radius 2 is 0.778 bits per heavy atom. The van der Waals surface area contributed by atoms with Crippen molar-refractivity contribution in [2.45, 2.75) is 237 Å². The Labute approximate surface area is 488 Å². The van der Waals surface area contributed by atoms with Crippen molar-refractivity contribution in [3.8, 4) is 0 Å². The van der Waals surface area contributed by atoms with E-state index in [1.165, 1.54) is 0 Å². The molecule has 0 aliphatic carbocycles. The summed E-state index contributed by atoms with van der Waals surface area (Å²) in [4.78, 5) is 51.2. The lowest BCUT2D eigenvalue weighted by Gasteiger charge is -2.40. The molecule has 1 aliphatic rings. The van der Waals surface area contributed by atoms with Gasteiger partial charge < -0.3 is 39.0 Å². The number of rotatable bonds is 49. The van der Waals surface area contributed by atoms with E-state index in [9.17, 15) is 34.5 Å². The summed E-state index contributed by atoms with van der Waals surface area (Å²) in [5, 5.41) is 31.5. The van der Waals surface area contributed by atoms with Gasteiger partial charge in [0.25, 0.3) is 0 Å². The molecule has 6 atom stereocenters. The predicted molar refractivity (Wildman–Crippen MR) is 330 cm³/mol. The number of aliphatic hydroxyl groups is 2. The van der Waals surface area contributed by atoms with Gasteiger partial charge >= 0.3 is 23.9 Å². The largest absolute Gasteiger partial charge is 0.479 e. The van der Waals surface area contributed by atoms with E-state index in [1.54, 1.807) is 6.08 Å². The van der Waals surface area contributed by atoms with Gasteiger partial charge in [0.1, 0.15) is 18.8 Å². The van der Waals surface area contributed by atoms with E-state index < -0.39 is 67.3 Å². The lowest BCUT2D eigenvalue weighted by molar-refractivity contribution is -0.301. The van der Waals surface area contributed by atoms with Crippen LogP contribution >= 0.6 is 0 Å². The molecule has 6 unspecified atom stereocenters. The van der Waals surface area contributed by atoms with Crippen LogP contribution in [0.5, 0.6) is 0 Å². The van der Waals surface area contributed by atoms with Crippen molar-refractivity contribution in [2.24, 2.45) is 0 Å². The van der Waals surface area contributed by atoms with E-state index in [1.807, 2.05) is 18.2 Å². The van der Waals surface area contributed by atoms with Gasteiger partial charge in [0.15, 0.2) is 24.6 Å². The first-order valence-corrected chi connectivity index (χ1v) is 30.5. The molecule has 0 aromatic carbocycles. The predicted octanol–water partition coefficient (Wildman–Crippen LogP) is 16.1. The van der Waals surface area contributed by atoms with E-state index in [-0.39, 0.29) is 25.9 Å². The number of carboxylic acid groups (broad SMARTS) is 1. The highest BCUT2D eigenvalue weighted by atomic mass is 16.7. The fourth-order valence-electron chi connectivity index (χ4n) is 8.07. The van der Waals surface area contributed by atoms with Crippen LogP contribution in [0.4, 0.5) is 0 Å². The minimum Gasteiger partial charge on any atom is -0.479 e. The normalized spacial score (nSPS) is 18.9. The maximum atomic E-state index is 13.1. The second-order valence-electron chi connectivity index (χ2n) is 19.9. The van der Waals surface area contributed by atoms with Crippen LogP contribution in [0, 0.1) is 0 Å². The Morgan fingerprint density at radius 3 is 1.20 bits per heavy atom. The Bertz CT molecular complexity index is 2010. The molecule has 0 radical (unpaired) electrons. The van der Waals surface area contributed by atoms with Crippen LogP contribution in [0.2, 0.25) is 0 Å². The molecular weight excluding hydrogens is 1020 g/mol. The SMILES string of the molecule is CC/C=C\C/C=C\C/C=C\C/C=C\C/C=C\CCCCCC(=O)OC1C(OCC(COC(=O)CCCCCCCCC/C=C\C/C=C\C/C=C\CC)OC(=O)C/C=C\C/C=C\C/C=C\C/C=C\C/C=C\CC)OC(C(=O)O)C(O)C1O. The van der Waals surface area contributed by atoms with Gasteiger partial charge in [0, 0.05) is 12.8 Å². The number of unbranched alkanes of at least 4 members (excludes halogenated alkanes) is 10. The molecule has 0 aromatic heterocycles. The van der Waals surface area contributed by atoms with E-state index in [2.05, 4.69) is 154 Å². The second kappa shape index (κ2) is 54.9. The summed E-state index contributed by atoms with van der Waals surface area (Å²) >= 11 is 0. The summed E-state index contributed by atoms with van der Waals surface area (Å²) in [6.07, 6.45) is 68.0. The van der Waals surface area contributed by atoms with Gasteiger partial charge in [-0.25, -0.2) is 4.79 Å². The molecule has 0 saturated carbocycles. The van der Waals surface area contributed by atoms with Crippen molar-refractivity contribution in [3.05, 3.63) is 158 Å². The minimum atomic E-state index is -1.94. The minimum absolute atomic E-state index is 0.000289. The third-order valence-corrected chi connectivity index (χ3v) is 12.6. The van der Waals surface area contributed by atoms with Crippen LogP contribution in [-0.4, -0.2) is 89.2 Å². The number of carboxylic acids is 1. The van der Waals surface area contributed by atoms with Crippen LogP contribution in [0.25, 0.3) is 0 Å². The van der Waals surface area contributed by atoms with Gasteiger partial charge in [-0.2, -0.15) is 0 Å². The lowest BCUT2D eigenvalue weighted by Crippen LogP contribution is -2.61. The first kappa shape index (κ1) is 73.4. The summed E-state index contributed by atoms with van der Waals surface area (Å²) in [7, 11) is 0. The van der Waals surface area contributed by atoms with Gasteiger partial charge in [-0.1, -0.05) is 217 Å². The fourth-order valence-corrected chi connectivity index (χ4v) is 8.07. The number of hydrogen-bond acceptors (Lipinski definition) is 11. The molecule has 0 aromatic rings. The quantitative estimate of drug-likeness (QED) is 0.0228. The molecule has 1 fully saturated rings. The molecule has 12 heteroatoms. The third-order valence-electron chi connectivity index (χ3n) is 12.6. The molecule has 1 heterocycles. The van der Waals surface area contributed by atoms with Gasteiger partial charge in [0.2, 0.25) is 0 Å². The van der Waals surface area contributed by atoms with Crippen molar-refractivity contribution in [1.29, 1.82) is 0 Å². The number of ether oxygens (including phenoxy) is 5. The molecule has 1 rings (SSSR count). The van der Waals surface area contributed by atoms with Crippen molar-refractivity contribution >= 4 is 23.9 Å². The molecule has 1 aliphatic heterocycles. The average Bonchev–Trinajstić information content (AvgIpc) is 3.54. The summed E-state index contributed by atoms with van der Waals surface area (Å²) in [6, 6.07) is 0. The average molecular weight is 1130 g/mol. The molecular formula is C69H104O12. The van der Waals surface area contributed by atoms with Crippen molar-refractivity contribution in [3.63, 3.8) is 0 Å². The molecule has 12 nitrogen and oxygen atoms in total. The Hall–Kier alpha value is -5.66. The monoisotopic (exact) mass is 1120 g/mol. The van der Waals surface area contributed by atoms with E-state index in [0.717, 1.165) is 141 Å². The number of esters is 3. The first-order valence-electron chi connectivity index (χ1n) is 30.5. The summed E-state index contributed by atoms with van der Waals surface area (Å²) < 4.78 is 28.3. The Morgan fingerprint density at radius 1 is 0.420 bits per heavy atom. The number of hydrogen-bond donors (Lipinski definition) is 3. The van der Waals surface area contributed by atoms with Gasteiger partial charge in [0.05, 0.1) is 13.0 Å². The van der Waals surface area contributed by atoms with Crippen LogP contribution in [0.1, 0.15) is 201 Å². The topological polar surface area (TPSA) is 175 Å². The first-order chi connectivity index (χ1) is 39.6. The number of aliphatic hydroxyl groups excluding tert-OH is 2. The summed E-state index contributed by atoms with van der Waals surface area (Å²) in [5.74, 6) is -3.37. The van der Waals surface area contributed by atoms with E-state index >= 15 is 0 Å². The standard InChI is InChI=1S/C69H104O12/c1-4-7-10-13-16-19-22-25-28-30-31-33-36-39-42-45-48-51-54-57-63(72)80-67-65(74)64(73)66(68(75)76)81-69(67)78-59-60(79-62(71)56-53-50-47-44-41-38-34-27-24-21-18-15-12-9-6-3)58-77-61(70)55-52-49-46-43-40-37-35-32-29-26-23-20-17-14-11-8-5-2/h7-12,16-21,25-29,31,33-34,39,41-42,44,50,53,60,64-67,69,73-74H,4-6,13-15,22-24,30,32,35-38,40,43,45-49,51-52,54-59H2,1-3H3,(H,75,76)/b10-7-,11-8-,12-9-,19-16-,20-17-,21-18-,28-25-,29-26-,33-31-,34-27-,42-39-,44-41-,53-50-. The maximum absolute atomic E-state index is 13.1. The zero-order chi connectivity index (χ0) is 58.9. The van der Waals surface area contributed by atoms with Crippen molar-refractivity contribution < 1.29 is 58.2 Å². The molecule has 81 heavy (non-hydrogen) atoms. The highest BCUT2D eigenvalue weighted by Gasteiger charge is 2.50. The van der Waals surface area contributed by atoms with E-state index in [4.69, 9.17) is 23.7 Å². The smallest absolute Gasteiger partial charge is 0.335 e. The number of carbonyl (C=O) groups is 4. The maximum Gasteiger partial charge on any atom is 0.335 e. The molecule has 0 bridgehead atoms. The molecule has 0 amide bonds. The zero-order valence-corrected chi connectivity index (χ0v) is 49.7. The Kier molecular flexibility index (Phi) is 49.7. The number of allylic oxidation sites excluding steroid dienone is 25. The van der Waals surface area contributed by atoms with Crippen LogP contribution < -0.4 is 0 Å². The second-order valence-corrected chi connectivity index (χ2v) is 19.9. The molecule has 0 spiro atoms. The molecule has 1 saturated heterocycles. The van der Waals surface area contributed by atoms with Crippen LogP contribution in [0.15, 0.2) is 158 Å². The van der Waals surface area contributed by atoms with Crippen molar-refractivity contribution in [1.82, 2.24) is 0 Å². The third kappa shape index (κ3) is 44.7. The van der Waals surface area contributed by atoms with Gasteiger partial charge in [-0.05, 0) is 122 Å². The van der Waals surface area contributed by atoms with Crippen LogP contribution in [-0.2, 0) is 42.9 Å². The number of carbonyl (C=O) groups excluding carboxylic acids is 3. The highest BCUT2D eigenvalue weighted by Crippen LogP contribution is 2.26. The van der Waals surface area contributed by atoms with E-state index in [0.29, 0.717) is 19.3 Å².